The number of rotatable bonds is 7. The van der Waals surface area contributed by atoms with Crippen molar-refractivity contribution >= 4 is 21.4 Å². The van der Waals surface area contributed by atoms with Crippen molar-refractivity contribution in [3.8, 4) is 0 Å². The van der Waals surface area contributed by atoms with Crippen molar-refractivity contribution in [3.05, 3.63) is 58.3 Å². The van der Waals surface area contributed by atoms with Crippen LogP contribution in [0.15, 0.2) is 47.2 Å². The Morgan fingerprint density at radius 1 is 1.20 bits per heavy atom. The topological polar surface area (TPSA) is 69.6 Å². The predicted octanol–water partition coefficient (Wildman–Crippen LogP) is 2.19. The molecule has 0 radical (unpaired) electrons. The molecule has 0 aliphatic carbocycles. The SMILES string of the molecule is O=S(=O)(NCCc1ccccc1)C1CC(O)CCN1Cc1ccsc1. The molecule has 1 saturated heterocycles. The van der Waals surface area contributed by atoms with E-state index in [1.807, 2.05) is 52.1 Å². The largest absolute Gasteiger partial charge is 0.393 e. The fourth-order valence-corrected chi connectivity index (χ4v) is 5.44. The maximum Gasteiger partial charge on any atom is 0.227 e. The van der Waals surface area contributed by atoms with Gasteiger partial charge in [-0.25, -0.2) is 13.1 Å². The van der Waals surface area contributed by atoms with Gasteiger partial charge in [0.1, 0.15) is 5.37 Å². The van der Waals surface area contributed by atoms with Gasteiger partial charge in [0.05, 0.1) is 6.10 Å². The molecule has 3 rings (SSSR count). The Balaban J connectivity index is 1.64. The Bertz CT molecular complexity index is 748. The van der Waals surface area contributed by atoms with Crippen LogP contribution in [0.1, 0.15) is 24.0 Å². The number of aliphatic hydroxyl groups is 1. The lowest BCUT2D eigenvalue weighted by Gasteiger charge is -2.37. The fraction of sp³-hybridized carbons (Fsp3) is 0.444. The predicted molar refractivity (Wildman–Crippen MR) is 101 cm³/mol. The Morgan fingerprint density at radius 3 is 2.72 bits per heavy atom. The Labute approximate surface area is 153 Å². The van der Waals surface area contributed by atoms with Gasteiger partial charge in [0.15, 0.2) is 0 Å². The van der Waals surface area contributed by atoms with Gasteiger partial charge in [0.25, 0.3) is 0 Å². The highest BCUT2D eigenvalue weighted by Crippen LogP contribution is 2.24. The molecule has 1 aliphatic rings. The zero-order chi connectivity index (χ0) is 17.7. The molecule has 136 valence electrons. The monoisotopic (exact) mass is 380 g/mol. The molecule has 25 heavy (non-hydrogen) atoms. The van der Waals surface area contributed by atoms with Crippen LogP contribution in [0.4, 0.5) is 0 Å². The lowest BCUT2D eigenvalue weighted by molar-refractivity contribution is 0.0641. The van der Waals surface area contributed by atoms with Gasteiger partial charge in [-0.1, -0.05) is 30.3 Å². The first kappa shape index (κ1) is 18.5. The number of benzene rings is 1. The van der Waals surface area contributed by atoms with Crippen LogP contribution in [-0.2, 0) is 23.0 Å². The number of thiophene rings is 1. The Hall–Kier alpha value is -1.25. The molecule has 0 bridgehead atoms. The van der Waals surface area contributed by atoms with Gasteiger partial charge in [-0.2, -0.15) is 11.3 Å². The zero-order valence-corrected chi connectivity index (χ0v) is 15.7. The van der Waals surface area contributed by atoms with Crippen molar-refractivity contribution in [3.63, 3.8) is 0 Å². The fourth-order valence-electron chi connectivity index (χ4n) is 3.16. The molecular weight excluding hydrogens is 356 g/mol. The highest BCUT2D eigenvalue weighted by atomic mass is 32.2. The van der Waals surface area contributed by atoms with E-state index in [1.54, 1.807) is 11.3 Å². The average molecular weight is 381 g/mol. The summed E-state index contributed by atoms with van der Waals surface area (Å²) in [5, 5.41) is 13.3. The van der Waals surface area contributed by atoms with E-state index in [0.717, 1.165) is 11.1 Å². The molecule has 2 N–H and O–H groups in total. The number of likely N-dealkylation sites (tertiary alicyclic amines) is 1. The minimum Gasteiger partial charge on any atom is -0.393 e. The number of hydrogen-bond donors (Lipinski definition) is 2. The third-order valence-corrected chi connectivity index (χ3v) is 7.06. The van der Waals surface area contributed by atoms with Gasteiger partial charge in [-0.05, 0) is 40.8 Å². The van der Waals surface area contributed by atoms with Crippen molar-refractivity contribution < 1.29 is 13.5 Å². The second-order valence-electron chi connectivity index (χ2n) is 6.41. The van der Waals surface area contributed by atoms with Crippen LogP contribution in [0.5, 0.6) is 0 Å². The summed E-state index contributed by atoms with van der Waals surface area (Å²) in [5.41, 5.74) is 2.22. The van der Waals surface area contributed by atoms with Gasteiger partial charge in [-0.3, -0.25) is 4.90 Å². The van der Waals surface area contributed by atoms with E-state index in [4.69, 9.17) is 0 Å². The third kappa shape index (κ3) is 5.12. The van der Waals surface area contributed by atoms with Gasteiger partial charge < -0.3 is 5.11 Å². The Kier molecular flexibility index (Phi) is 6.24. The van der Waals surface area contributed by atoms with Gasteiger partial charge in [-0.15, -0.1) is 0 Å². The number of piperidine rings is 1. The number of nitrogens with zero attached hydrogens (tertiary/aromatic N) is 1. The van der Waals surface area contributed by atoms with Crippen LogP contribution in [0, 0.1) is 0 Å². The van der Waals surface area contributed by atoms with Crippen LogP contribution in [-0.4, -0.2) is 43.0 Å². The minimum atomic E-state index is -3.52. The van der Waals surface area contributed by atoms with Crippen LogP contribution < -0.4 is 4.72 Å². The van der Waals surface area contributed by atoms with E-state index >= 15 is 0 Å². The summed E-state index contributed by atoms with van der Waals surface area (Å²) >= 11 is 1.61. The normalized spacial score (nSPS) is 22.1. The lowest BCUT2D eigenvalue weighted by atomic mass is 10.1. The molecule has 1 aromatic carbocycles. The minimum absolute atomic E-state index is 0.255. The summed E-state index contributed by atoms with van der Waals surface area (Å²) < 4.78 is 28.3. The van der Waals surface area contributed by atoms with Crippen molar-refractivity contribution in [2.75, 3.05) is 13.1 Å². The number of hydrogen-bond acceptors (Lipinski definition) is 5. The Morgan fingerprint density at radius 2 is 2.00 bits per heavy atom. The van der Waals surface area contributed by atoms with E-state index in [-0.39, 0.29) is 6.42 Å². The number of nitrogens with one attached hydrogen (secondary N) is 1. The maximum atomic E-state index is 12.8. The molecule has 0 saturated carbocycles. The standard InChI is InChI=1S/C18H24N2O3S2/c21-17-7-10-20(13-16-8-11-24-14-16)18(12-17)25(22,23)19-9-6-15-4-2-1-3-5-15/h1-5,8,11,14,17-19,21H,6-7,9-10,12-13H2. The highest BCUT2D eigenvalue weighted by Gasteiger charge is 2.36. The molecule has 1 aliphatic heterocycles. The molecule has 7 heteroatoms. The van der Waals surface area contributed by atoms with E-state index < -0.39 is 21.5 Å². The molecule has 2 unspecified atom stereocenters. The summed E-state index contributed by atoms with van der Waals surface area (Å²) in [4.78, 5) is 1.96. The smallest absolute Gasteiger partial charge is 0.227 e. The third-order valence-electron chi connectivity index (χ3n) is 4.51. The van der Waals surface area contributed by atoms with Gasteiger partial charge in [0, 0.05) is 26.1 Å². The van der Waals surface area contributed by atoms with Crippen LogP contribution in [0.2, 0.25) is 0 Å². The quantitative estimate of drug-likeness (QED) is 0.773. The molecule has 2 heterocycles. The molecule has 2 atom stereocenters. The molecule has 0 amide bonds. The second-order valence-corrected chi connectivity index (χ2v) is 9.11. The molecule has 1 fully saturated rings. The van der Waals surface area contributed by atoms with Gasteiger partial charge >= 0.3 is 0 Å². The average Bonchev–Trinajstić information content (AvgIpc) is 3.10. The van der Waals surface area contributed by atoms with Crippen molar-refractivity contribution in [2.24, 2.45) is 0 Å². The first-order chi connectivity index (χ1) is 12.0. The summed E-state index contributed by atoms with van der Waals surface area (Å²) in [6, 6.07) is 11.8. The van der Waals surface area contributed by atoms with E-state index in [1.165, 1.54) is 0 Å². The van der Waals surface area contributed by atoms with Crippen LogP contribution >= 0.6 is 11.3 Å². The number of sulfonamides is 1. The van der Waals surface area contributed by atoms with E-state index in [2.05, 4.69) is 4.72 Å². The molecule has 2 aromatic rings. The first-order valence-electron chi connectivity index (χ1n) is 8.50. The summed E-state index contributed by atoms with van der Waals surface area (Å²) in [6.45, 7) is 1.55. The molecule has 0 spiro atoms. The van der Waals surface area contributed by atoms with Crippen LogP contribution in [0.3, 0.4) is 0 Å². The zero-order valence-electron chi connectivity index (χ0n) is 14.0. The molecule has 1 aromatic heterocycles. The summed E-state index contributed by atoms with van der Waals surface area (Å²) in [6.07, 6.45) is 0.958. The first-order valence-corrected chi connectivity index (χ1v) is 11.0. The van der Waals surface area contributed by atoms with E-state index in [0.29, 0.717) is 32.5 Å². The summed E-state index contributed by atoms with van der Waals surface area (Å²) in [5.74, 6) is 0. The highest BCUT2D eigenvalue weighted by molar-refractivity contribution is 7.90. The van der Waals surface area contributed by atoms with Crippen molar-refractivity contribution in [1.29, 1.82) is 0 Å². The molecule has 5 nitrogen and oxygen atoms in total. The lowest BCUT2D eigenvalue weighted by Crippen LogP contribution is -2.51. The van der Waals surface area contributed by atoms with E-state index in [9.17, 15) is 13.5 Å². The number of aliphatic hydroxyl groups excluding tert-OH is 1. The van der Waals surface area contributed by atoms with Gasteiger partial charge in [0.2, 0.25) is 10.0 Å². The second kappa shape index (κ2) is 8.42. The van der Waals surface area contributed by atoms with Crippen LogP contribution in [0.25, 0.3) is 0 Å². The van der Waals surface area contributed by atoms with Crippen molar-refractivity contribution in [2.45, 2.75) is 37.3 Å². The molecular formula is C18H24N2O3S2. The maximum absolute atomic E-state index is 12.8. The summed E-state index contributed by atoms with van der Waals surface area (Å²) in [7, 11) is -3.52. The van der Waals surface area contributed by atoms with Crippen molar-refractivity contribution in [1.82, 2.24) is 9.62 Å².